The Balaban J connectivity index is 1.47. The van der Waals surface area contributed by atoms with E-state index in [1.54, 1.807) is 58.9 Å². The largest absolute Gasteiger partial charge is 0.458 e. The number of amides is 3. The van der Waals surface area contributed by atoms with Crippen molar-refractivity contribution < 1.29 is 41.8 Å². The number of nitrogens with zero attached hydrogens (tertiary/aromatic N) is 4. The normalized spacial score (nSPS) is 19.1. The van der Waals surface area contributed by atoms with Crippen LogP contribution in [0.3, 0.4) is 0 Å². The summed E-state index contributed by atoms with van der Waals surface area (Å²) in [6, 6.07) is 7.13. The standard InChI is InChI=1S/C31H41N5O9S2/c1-30(2,3)45-27(38)24(33-26(37)25-31(4,5)46-20-36(25)47(41,42)23-8-7-13-32-19-23)18-21-9-11-22(12-10-21)44-29(40)35-16-14-34(15-17-35)28(39)43-6/h7-13,19,24-25H,14-18,20H2,1-6H3,(H,33,37)/t24-,25?/m0/s1. The molecular weight excluding hydrogens is 651 g/mol. The molecule has 4 rings (SSSR count). The summed E-state index contributed by atoms with van der Waals surface area (Å²) in [6.45, 7) is 9.92. The van der Waals surface area contributed by atoms with Gasteiger partial charge in [-0.2, -0.15) is 4.31 Å². The van der Waals surface area contributed by atoms with Crippen LogP contribution in [0.5, 0.6) is 5.75 Å². The highest BCUT2D eigenvalue weighted by Gasteiger charge is 2.51. The van der Waals surface area contributed by atoms with Crippen LogP contribution < -0.4 is 10.1 Å². The van der Waals surface area contributed by atoms with Crippen molar-refractivity contribution in [3.05, 3.63) is 54.4 Å². The SMILES string of the molecule is COC(=O)N1CCN(C(=O)Oc2ccc(C[C@H](NC(=O)C3N(S(=O)(=O)c4cccnc4)CSC3(C)C)C(=O)OC(C)(C)C)cc2)CC1. The Morgan fingerprint density at radius 1 is 1.02 bits per heavy atom. The van der Waals surface area contributed by atoms with Crippen LogP contribution in [-0.2, 0) is 35.5 Å². The molecule has 16 heteroatoms. The molecule has 0 aliphatic carbocycles. The zero-order valence-electron chi connectivity index (χ0n) is 27.3. The van der Waals surface area contributed by atoms with Gasteiger partial charge in [0.05, 0.1) is 13.0 Å². The fourth-order valence-corrected chi connectivity index (χ4v) is 8.27. The number of pyridine rings is 1. The van der Waals surface area contributed by atoms with Crippen LogP contribution in [0.4, 0.5) is 9.59 Å². The molecule has 2 fully saturated rings. The van der Waals surface area contributed by atoms with Crippen LogP contribution in [0.25, 0.3) is 0 Å². The molecule has 0 radical (unpaired) electrons. The highest BCUT2D eigenvalue weighted by molar-refractivity contribution is 8.02. The first-order valence-corrected chi connectivity index (χ1v) is 17.4. The molecule has 1 aromatic heterocycles. The number of benzene rings is 1. The summed E-state index contributed by atoms with van der Waals surface area (Å²) >= 11 is 1.32. The summed E-state index contributed by atoms with van der Waals surface area (Å²) in [6.07, 6.45) is 1.70. The van der Waals surface area contributed by atoms with Gasteiger partial charge in [-0.05, 0) is 64.4 Å². The molecule has 1 unspecified atom stereocenters. The van der Waals surface area contributed by atoms with E-state index in [1.807, 2.05) is 0 Å². The lowest BCUT2D eigenvalue weighted by atomic mass is 10.0. The molecule has 2 aliphatic heterocycles. The molecule has 0 saturated carbocycles. The quantitative estimate of drug-likeness (QED) is 0.405. The Kier molecular flexibility index (Phi) is 11.1. The van der Waals surface area contributed by atoms with E-state index < -0.39 is 56.5 Å². The van der Waals surface area contributed by atoms with Crippen molar-refractivity contribution in [2.45, 2.75) is 68.4 Å². The number of thioether (sulfide) groups is 1. The second-order valence-electron chi connectivity index (χ2n) is 12.6. The van der Waals surface area contributed by atoms with Crippen LogP contribution in [0.2, 0.25) is 0 Å². The third-order valence-electron chi connectivity index (χ3n) is 7.55. The molecule has 3 heterocycles. The molecule has 2 aliphatic rings. The summed E-state index contributed by atoms with van der Waals surface area (Å²) in [5, 5.41) is 2.77. The molecular formula is C31H41N5O9S2. The molecule has 0 bridgehead atoms. The van der Waals surface area contributed by atoms with Crippen molar-refractivity contribution >= 4 is 45.8 Å². The van der Waals surface area contributed by atoms with Crippen molar-refractivity contribution in [1.82, 2.24) is 24.4 Å². The Bertz CT molecular complexity index is 1560. The van der Waals surface area contributed by atoms with E-state index in [0.29, 0.717) is 31.7 Å². The number of esters is 1. The van der Waals surface area contributed by atoms with E-state index >= 15 is 0 Å². The summed E-state index contributed by atoms with van der Waals surface area (Å²) in [4.78, 5) is 58.5. The number of carbonyl (C=O) groups excluding carboxylic acids is 4. The van der Waals surface area contributed by atoms with Crippen LogP contribution in [0.15, 0.2) is 53.7 Å². The van der Waals surface area contributed by atoms with Gasteiger partial charge in [0.2, 0.25) is 15.9 Å². The molecule has 256 valence electrons. The maximum Gasteiger partial charge on any atom is 0.415 e. The number of ether oxygens (including phenoxy) is 3. The smallest absolute Gasteiger partial charge is 0.415 e. The minimum absolute atomic E-state index is 0.0278. The zero-order valence-corrected chi connectivity index (χ0v) is 28.9. The molecule has 1 N–H and O–H groups in total. The maximum absolute atomic E-state index is 13.9. The van der Waals surface area contributed by atoms with Crippen LogP contribution in [0.1, 0.15) is 40.2 Å². The van der Waals surface area contributed by atoms with E-state index in [2.05, 4.69) is 10.3 Å². The van der Waals surface area contributed by atoms with Crippen molar-refractivity contribution in [1.29, 1.82) is 0 Å². The van der Waals surface area contributed by atoms with Gasteiger partial charge in [-0.1, -0.05) is 12.1 Å². The lowest BCUT2D eigenvalue weighted by Crippen LogP contribution is -2.57. The van der Waals surface area contributed by atoms with Gasteiger partial charge in [0, 0.05) is 49.7 Å². The summed E-state index contributed by atoms with van der Waals surface area (Å²) in [5.74, 6) is -1.01. The van der Waals surface area contributed by atoms with Crippen LogP contribution in [-0.4, -0.2) is 113 Å². The number of hydrogen-bond donors (Lipinski definition) is 1. The fraction of sp³-hybridized carbons (Fsp3) is 0.516. The third-order valence-corrected chi connectivity index (χ3v) is 10.9. The number of sulfonamides is 1. The van der Waals surface area contributed by atoms with Gasteiger partial charge in [0.15, 0.2) is 0 Å². The van der Waals surface area contributed by atoms with Gasteiger partial charge < -0.3 is 29.3 Å². The number of carbonyl (C=O) groups is 4. The van der Waals surface area contributed by atoms with Gasteiger partial charge in [-0.3, -0.25) is 9.78 Å². The molecule has 2 saturated heterocycles. The first kappa shape index (κ1) is 36.0. The van der Waals surface area contributed by atoms with E-state index in [1.165, 1.54) is 53.2 Å². The highest BCUT2D eigenvalue weighted by Crippen LogP contribution is 2.42. The van der Waals surface area contributed by atoms with E-state index in [-0.39, 0.29) is 22.9 Å². The number of aromatic nitrogens is 1. The van der Waals surface area contributed by atoms with Gasteiger partial charge in [0.25, 0.3) is 0 Å². The van der Waals surface area contributed by atoms with Gasteiger partial charge in [-0.15, -0.1) is 11.8 Å². The minimum Gasteiger partial charge on any atom is -0.458 e. The molecule has 47 heavy (non-hydrogen) atoms. The van der Waals surface area contributed by atoms with E-state index in [9.17, 15) is 27.6 Å². The average Bonchev–Trinajstić information content (AvgIpc) is 3.36. The molecule has 1 aromatic carbocycles. The van der Waals surface area contributed by atoms with E-state index in [0.717, 1.165) is 4.31 Å². The van der Waals surface area contributed by atoms with Crippen molar-refractivity contribution in [3.8, 4) is 5.75 Å². The third kappa shape index (κ3) is 8.93. The molecule has 3 amide bonds. The Hall–Kier alpha value is -3.89. The molecule has 0 spiro atoms. The predicted molar refractivity (Wildman–Crippen MR) is 173 cm³/mol. The number of nitrogens with one attached hydrogen (secondary N) is 1. The van der Waals surface area contributed by atoms with Crippen LogP contribution >= 0.6 is 11.8 Å². The van der Waals surface area contributed by atoms with Gasteiger partial charge >= 0.3 is 18.2 Å². The zero-order chi connectivity index (χ0) is 34.6. The summed E-state index contributed by atoms with van der Waals surface area (Å²) in [5.41, 5.74) is -0.217. The van der Waals surface area contributed by atoms with Gasteiger partial charge in [-0.25, -0.2) is 22.8 Å². The Morgan fingerprint density at radius 3 is 2.19 bits per heavy atom. The summed E-state index contributed by atoms with van der Waals surface area (Å²) < 4.78 is 43.2. The van der Waals surface area contributed by atoms with E-state index in [4.69, 9.17) is 14.2 Å². The summed E-state index contributed by atoms with van der Waals surface area (Å²) in [7, 11) is -2.77. The highest BCUT2D eigenvalue weighted by atomic mass is 32.2. The first-order chi connectivity index (χ1) is 22.0. The topological polar surface area (TPSA) is 165 Å². The lowest BCUT2D eigenvalue weighted by Gasteiger charge is -2.33. The Morgan fingerprint density at radius 2 is 1.64 bits per heavy atom. The number of piperazine rings is 1. The van der Waals surface area contributed by atoms with Crippen LogP contribution in [0, 0.1) is 0 Å². The lowest BCUT2D eigenvalue weighted by molar-refractivity contribution is -0.158. The second kappa shape index (κ2) is 14.5. The second-order valence-corrected chi connectivity index (χ2v) is 16.1. The minimum atomic E-state index is -4.07. The molecule has 2 aromatic rings. The van der Waals surface area contributed by atoms with Crippen molar-refractivity contribution in [2.24, 2.45) is 0 Å². The van der Waals surface area contributed by atoms with Gasteiger partial charge in [0.1, 0.15) is 28.3 Å². The monoisotopic (exact) mass is 691 g/mol. The molecule has 14 nitrogen and oxygen atoms in total. The van der Waals surface area contributed by atoms with Crippen molar-refractivity contribution in [3.63, 3.8) is 0 Å². The maximum atomic E-state index is 13.9. The fourth-order valence-electron chi connectivity index (χ4n) is 5.13. The Labute approximate surface area is 279 Å². The van der Waals surface area contributed by atoms with Crippen molar-refractivity contribution in [2.75, 3.05) is 39.2 Å². The number of rotatable bonds is 8. The molecule has 2 atom stereocenters. The predicted octanol–water partition coefficient (Wildman–Crippen LogP) is 2.88. The number of methoxy groups -OCH3 is 1. The average molecular weight is 692 g/mol. The number of hydrogen-bond acceptors (Lipinski definition) is 11. The first-order valence-electron chi connectivity index (χ1n) is 15.0.